The van der Waals surface area contributed by atoms with E-state index in [1.54, 1.807) is 39.3 Å². The number of nitrogens with zero attached hydrogens (tertiary/aromatic N) is 2. The average molecular weight is 704 g/mol. The van der Waals surface area contributed by atoms with Gasteiger partial charge in [0.2, 0.25) is 5.91 Å². The van der Waals surface area contributed by atoms with Crippen LogP contribution in [0.25, 0.3) is 10.8 Å². The molecule has 8 nitrogen and oxygen atoms in total. The van der Waals surface area contributed by atoms with Crippen molar-refractivity contribution in [2.45, 2.75) is 25.6 Å². The van der Waals surface area contributed by atoms with Crippen LogP contribution in [0, 0.1) is 5.82 Å². The van der Waals surface area contributed by atoms with E-state index in [0.29, 0.717) is 22.1 Å². The highest BCUT2D eigenvalue weighted by Gasteiger charge is 2.38. The number of hydrogen-bond acceptors (Lipinski definition) is 5. The molecule has 0 saturated heterocycles. The summed E-state index contributed by atoms with van der Waals surface area (Å²) in [5.74, 6) is -1.23. The van der Waals surface area contributed by atoms with Crippen LogP contribution < -0.4 is 25.2 Å². The van der Waals surface area contributed by atoms with Crippen LogP contribution in [0.4, 0.5) is 15.8 Å². The molecule has 44 heavy (non-hydrogen) atoms. The number of carbonyl (C=O) groups excluding carboxylic acids is 3. The number of likely N-dealkylation sites (N-methyl/N-ethyl adjacent to an activating group) is 1. The van der Waals surface area contributed by atoms with Gasteiger partial charge in [-0.2, -0.15) is 0 Å². The Hall–Kier alpha value is -3.70. The van der Waals surface area contributed by atoms with Crippen molar-refractivity contribution in [2.24, 2.45) is 0 Å². The van der Waals surface area contributed by atoms with Crippen LogP contribution in [-0.2, 0) is 16.1 Å². The molecule has 0 spiro atoms. The van der Waals surface area contributed by atoms with Gasteiger partial charge in [-0.1, -0.05) is 39.7 Å². The molecule has 0 saturated carbocycles. The van der Waals surface area contributed by atoms with Crippen LogP contribution in [0.5, 0.6) is 5.75 Å². The van der Waals surface area contributed by atoms with Gasteiger partial charge in [-0.25, -0.2) is 4.39 Å². The zero-order valence-electron chi connectivity index (χ0n) is 24.1. The largest absolute Gasteiger partial charge is 0.496 e. The van der Waals surface area contributed by atoms with E-state index in [0.717, 1.165) is 20.8 Å². The maximum absolute atomic E-state index is 14.4. The highest BCUT2D eigenvalue weighted by Crippen LogP contribution is 2.39. The molecule has 4 aromatic rings. The molecule has 230 valence electrons. The monoisotopic (exact) mass is 702 g/mol. The van der Waals surface area contributed by atoms with Crippen molar-refractivity contribution in [2.75, 3.05) is 30.5 Å². The molecule has 0 aromatic heterocycles. The number of fused-ring (bicyclic) bond motifs is 2. The molecule has 1 heterocycles. The normalized spacial score (nSPS) is 15.2. The standard InChI is InChI=1S/C32H29BrClFN4O4.ClH/c1-18(36-2)30(40)37-26-17-39(31(41)19-4-9-23(35)10-5-19)28-15-22(34)8-12-27(28)38(32(26)42)16-25-24-11-7-21(33)14-20(24)6-13-29(25)43-3;/h4-15,18,26,36H,16-17H2,1-3H3,(H,37,40);1H/t18?,26-;/m0./s1. The minimum atomic E-state index is -1.12. The molecule has 1 aliphatic rings. The first-order chi connectivity index (χ1) is 20.6. The Balaban J connectivity index is 0.00000442. The maximum Gasteiger partial charge on any atom is 0.258 e. The molecule has 1 aliphatic heterocycles. The number of halogens is 4. The Morgan fingerprint density at radius 3 is 2.48 bits per heavy atom. The summed E-state index contributed by atoms with van der Waals surface area (Å²) in [4.78, 5) is 44.3. The summed E-state index contributed by atoms with van der Waals surface area (Å²) >= 11 is 9.96. The fourth-order valence-electron chi connectivity index (χ4n) is 5.10. The predicted molar refractivity (Wildman–Crippen MR) is 177 cm³/mol. The van der Waals surface area contributed by atoms with E-state index in [1.807, 2.05) is 30.3 Å². The van der Waals surface area contributed by atoms with Crippen LogP contribution in [0.15, 0.2) is 77.3 Å². The number of methoxy groups -OCH3 is 1. The van der Waals surface area contributed by atoms with Gasteiger partial charge in [0.15, 0.2) is 0 Å². The van der Waals surface area contributed by atoms with Gasteiger partial charge in [0.1, 0.15) is 17.6 Å². The average Bonchev–Trinajstić information content (AvgIpc) is 3.10. The van der Waals surface area contributed by atoms with E-state index < -0.39 is 35.6 Å². The van der Waals surface area contributed by atoms with Gasteiger partial charge < -0.3 is 25.2 Å². The molecule has 0 fully saturated rings. The molecule has 1 unspecified atom stereocenters. The summed E-state index contributed by atoms with van der Waals surface area (Å²) in [6, 6.07) is 18.0. The van der Waals surface area contributed by atoms with E-state index in [-0.39, 0.29) is 31.1 Å². The lowest BCUT2D eigenvalue weighted by molar-refractivity contribution is -0.128. The maximum atomic E-state index is 14.4. The minimum absolute atomic E-state index is 0. The van der Waals surface area contributed by atoms with Crippen molar-refractivity contribution < 1.29 is 23.5 Å². The van der Waals surface area contributed by atoms with E-state index in [2.05, 4.69) is 26.6 Å². The van der Waals surface area contributed by atoms with Crippen molar-refractivity contribution in [1.82, 2.24) is 10.6 Å². The van der Waals surface area contributed by atoms with Crippen LogP contribution in [0.2, 0.25) is 5.02 Å². The fraction of sp³-hybridized carbons (Fsp3) is 0.219. The quantitative estimate of drug-likeness (QED) is 0.243. The summed E-state index contributed by atoms with van der Waals surface area (Å²) < 4.78 is 20.3. The van der Waals surface area contributed by atoms with E-state index >= 15 is 0 Å². The molecule has 12 heteroatoms. The molecular formula is C32H30BrCl2FN4O4. The van der Waals surface area contributed by atoms with E-state index in [9.17, 15) is 18.8 Å². The van der Waals surface area contributed by atoms with Crippen molar-refractivity contribution in [3.63, 3.8) is 0 Å². The van der Waals surface area contributed by atoms with Crippen molar-refractivity contribution in [3.05, 3.63) is 99.2 Å². The predicted octanol–water partition coefficient (Wildman–Crippen LogP) is 6.11. The zero-order chi connectivity index (χ0) is 30.8. The van der Waals surface area contributed by atoms with Crippen LogP contribution >= 0.6 is 39.9 Å². The van der Waals surface area contributed by atoms with Gasteiger partial charge >= 0.3 is 0 Å². The number of benzene rings is 4. The smallest absolute Gasteiger partial charge is 0.258 e. The Kier molecular flexibility index (Phi) is 10.5. The minimum Gasteiger partial charge on any atom is -0.496 e. The van der Waals surface area contributed by atoms with Crippen molar-refractivity contribution >= 4 is 79.8 Å². The second-order valence-corrected chi connectivity index (χ2v) is 11.5. The van der Waals surface area contributed by atoms with Gasteiger partial charge in [0.05, 0.1) is 37.6 Å². The summed E-state index contributed by atoms with van der Waals surface area (Å²) in [5, 5.41) is 7.86. The second-order valence-electron chi connectivity index (χ2n) is 10.2. The van der Waals surface area contributed by atoms with Crippen molar-refractivity contribution in [1.29, 1.82) is 0 Å². The number of anilines is 2. The molecule has 2 atom stereocenters. The first-order valence-electron chi connectivity index (χ1n) is 13.5. The summed E-state index contributed by atoms with van der Waals surface area (Å²) in [7, 11) is 3.20. The number of hydrogen-bond donors (Lipinski definition) is 2. The SMILES string of the molecule is CNC(C)C(=O)N[C@H]1CN(C(=O)c2ccc(F)cc2)c2cc(Cl)ccc2N(Cc2c(OC)ccc3cc(Br)ccc23)C1=O.Cl. The number of amides is 3. The lowest BCUT2D eigenvalue weighted by Crippen LogP contribution is -2.55. The number of rotatable bonds is 7. The molecule has 5 rings (SSSR count). The number of nitrogens with one attached hydrogen (secondary N) is 2. The lowest BCUT2D eigenvalue weighted by atomic mass is 10.0. The molecule has 3 amide bonds. The van der Waals surface area contributed by atoms with Gasteiger partial charge in [-0.15, -0.1) is 12.4 Å². The van der Waals surface area contributed by atoms with Crippen LogP contribution in [0.3, 0.4) is 0 Å². The van der Waals surface area contributed by atoms with Gasteiger partial charge in [-0.05, 0) is 85.4 Å². The molecule has 0 radical (unpaired) electrons. The highest BCUT2D eigenvalue weighted by molar-refractivity contribution is 9.10. The summed E-state index contributed by atoms with van der Waals surface area (Å²) in [6.45, 7) is 1.56. The third-order valence-corrected chi connectivity index (χ3v) is 8.24. The molecule has 4 aromatic carbocycles. The first kappa shape index (κ1) is 33.2. The topological polar surface area (TPSA) is 91.0 Å². The Morgan fingerprint density at radius 2 is 1.80 bits per heavy atom. The molecular weight excluding hydrogens is 674 g/mol. The Morgan fingerprint density at radius 1 is 1.07 bits per heavy atom. The van der Waals surface area contributed by atoms with Crippen LogP contribution in [0.1, 0.15) is 22.8 Å². The Labute approximate surface area is 274 Å². The van der Waals surface area contributed by atoms with E-state index in [4.69, 9.17) is 16.3 Å². The first-order valence-corrected chi connectivity index (χ1v) is 14.7. The third kappa shape index (κ3) is 6.68. The summed E-state index contributed by atoms with van der Waals surface area (Å²) in [5.41, 5.74) is 1.74. The zero-order valence-corrected chi connectivity index (χ0v) is 27.2. The number of ether oxygens (including phenoxy) is 1. The van der Waals surface area contributed by atoms with Crippen LogP contribution in [-0.4, -0.2) is 50.5 Å². The van der Waals surface area contributed by atoms with Gasteiger partial charge in [0, 0.05) is 20.6 Å². The van der Waals surface area contributed by atoms with Gasteiger partial charge in [0.25, 0.3) is 11.8 Å². The third-order valence-electron chi connectivity index (χ3n) is 7.51. The second kappa shape index (κ2) is 13.9. The van der Waals surface area contributed by atoms with E-state index in [1.165, 1.54) is 34.1 Å². The molecule has 0 aliphatic carbocycles. The fourth-order valence-corrected chi connectivity index (χ4v) is 5.65. The van der Waals surface area contributed by atoms with Crippen molar-refractivity contribution in [3.8, 4) is 5.75 Å². The van der Waals surface area contributed by atoms with Gasteiger partial charge in [-0.3, -0.25) is 14.4 Å². The summed E-state index contributed by atoms with van der Waals surface area (Å²) in [6.07, 6.45) is 0. The highest BCUT2D eigenvalue weighted by atomic mass is 79.9. The number of carbonyl (C=O) groups is 3. The lowest BCUT2D eigenvalue weighted by Gasteiger charge is -2.27. The molecule has 2 N–H and O–H groups in total. The molecule has 0 bridgehead atoms. The Bertz CT molecular complexity index is 1720.